The first-order valence-electron chi connectivity index (χ1n) is 8.94. The van der Waals surface area contributed by atoms with Gasteiger partial charge in [-0.1, -0.05) is 11.6 Å². The third-order valence-corrected chi connectivity index (χ3v) is 6.60. The lowest BCUT2D eigenvalue weighted by molar-refractivity contribution is -0.153. The molecular formula is C18H19ClF3N3O4S. The normalized spacial score (nSPS) is 15.4. The SMILES string of the molecule is Cn1cc(S(=O)(=O)N2CCCC2)cc1C(=O)Nc1cc(Cl)ccc1OCC(F)(F)F. The van der Waals surface area contributed by atoms with E-state index in [4.69, 9.17) is 16.3 Å². The van der Waals surface area contributed by atoms with Crippen LogP contribution in [0.2, 0.25) is 5.02 Å². The van der Waals surface area contributed by atoms with Crippen LogP contribution in [-0.4, -0.2) is 49.1 Å². The molecule has 1 N–H and O–H groups in total. The molecule has 0 spiro atoms. The number of benzene rings is 1. The molecule has 3 rings (SSSR count). The predicted molar refractivity (Wildman–Crippen MR) is 104 cm³/mol. The van der Waals surface area contributed by atoms with Crippen molar-refractivity contribution in [3.63, 3.8) is 0 Å². The molecule has 1 fully saturated rings. The molecule has 0 unspecified atom stereocenters. The minimum absolute atomic E-state index is 0.00881. The number of hydrogen-bond donors (Lipinski definition) is 1. The molecule has 7 nitrogen and oxygen atoms in total. The lowest BCUT2D eigenvalue weighted by Gasteiger charge is -2.14. The maximum Gasteiger partial charge on any atom is 0.422 e. The van der Waals surface area contributed by atoms with Crippen molar-refractivity contribution >= 4 is 33.2 Å². The number of alkyl halides is 3. The zero-order valence-electron chi connectivity index (χ0n) is 15.9. The zero-order valence-corrected chi connectivity index (χ0v) is 17.4. The summed E-state index contributed by atoms with van der Waals surface area (Å²) in [5.74, 6) is -0.941. The summed E-state index contributed by atoms with van der Waals surface area (Å²) in [4.78, 5) is 12.7. The number of hydrogen-bond acceptors (Lipinski definition) is 4. The van der Waals surface area contributed by atoms with Gasteiger partial charge in [-0.25, -0.2) is 8.42 Å². The molecule has 0 atom stereocenters. The minimum Gasteiger partial charge on any atom is -0.482 e. The van der Waals surface area contributed by atoms with Crippen LogP contribution in [0.3, 0.4) is 0 Å². The molecular weight excluding hydrogens is 447 g/mol. The smallest absolute Gasteiger partial charge is 0.422 e. The molecule has 1 saturated heterocycles. The Hall–Kier alpha value is -2.24. The summed E-state index contributed by atoms with van der Waals surface area (Å²) in [7, 11) is -2.23. The Morgan fingerprint density at radius 2 is 1.90 bits per heavy atom. The van der Waals surface area contributed by atoms with E-state index in [1.165, 1.54) is 46.4 Å². The predicted octanol–water partition coefficient (Wildman–Crippen LogP) is 3.66. The summed E-state index contributed by atoms with van der Waals surface area (Å²) in [5, 5.41) is 2.61. The summed E-state index contributed by atoms with van der Waals surface area (Å²) in [6.07, 6.45) is -1.69. The Morgan fingerprint density at radius 3 is 2.53 bits per heavy atom. The van der Waals surface area contributed by atoms with Gasteiger partial charge in [-0.15, -0.1) is 0 Å². The summed E-state index contributed by atoms with van der Waals surface area (Å²) < 4.78 is 70.2. The van der Waals surface area contributed by atoms with Crippen LogP contribution >= 0.6 is 11.6 Å². The monoisotopic (exact) mass is 465 g/mol. The Morgan fingerprint density at radius 1 is 1.23 bits per heavy atom. The summed E-state index contributed by atoms with van der Waals surface area (Å²) >= 11 is 5.89. The number of amides is 1. The minimum atomic E-state index is -4.56. The Labute approximate surface area is 176 Å². The molecule has 164 valence electrons. The van der Waals surface area contributed by atoms with Crippen molar-refractivity contribution in [1.82, 2.24) is 8.87 Å². The number of nitrogens with zero attached hydrogens (tertiary/aromatic N) is 2. The first kappa shape index (κ1) is 22.4. The van der Waals surface area contributed by atoms with Gasteiger partial charge < -0.3 is 14.6 Å². The molecule has 2 aromatic rings. The summed E-state index contributed by atoms with van der Waals surface area (Å²) in [6.45, 7) is -0.706. The number of aromatic nitrogens is 1. The van der Waals surface area contributed by atoms with E-state index in [0.717, 1.165) is 12.8 Å². The fourth-order valence-electron chi connectivity index (χ4n) is 3.05. The third kappa shape index (κ3) is 5.08. The van der Waals surface area contributed by atoms with Crippen LogP contribution in [0, 0.1) is 0 Å². The number of carbonyl (C=O) groups is 1. The molecule has 0 radical (unpaired) electrons. The Kier molecular flexibility index (Phi) is 6.34. The first-order chi connectivity index (χ1) is 14.0. The highest BCUT2D eigenvalue weighted by molar-refractivity contribution is 7.89. The molecule has 0 aliphatic carbocycles. The average Bonchev–Trinajstić information content (AvgIpc) is 3.30. The maximum absolute atomic E-state index is 12.7. The molecule has 30 heavy (non-hydrogen) atoms. The molecule has 1 aliphatic rings. The quantitative estimate of drug-likeness (QED) is 0.706. The van der Waals surface area contributed by atoms with Gasteiger partial charge in [0.05, 0.1) is 5.69 Å². The van der Waals surface area contributed by atoms with Crippen molar-refractivity contribution in [2.24, 2.45) is 7.05 Å². The lowest BCUT2D eigenvalue weighted by Crippen LogP contribution is -2.27. The molecule has 1 aliphatic heterocycles. The van der Waals surface area contributed by atoms with E-state index >= 15 is 0 Å². The lowest BCUT2D eigenvalue weighted by atomic mass is 10.2. The topological polar surface area (TPSA) is 80.6 Å². The fraction of sp³-hybridized carbons (Fsp3) is 0.389. The average molecular weight is 466 g/mol. The van der Waals surface area contributed by atoms with Gasteiger partial charge >= 0.3 is 6.18 Å². The third-order valence-electron chi connectivity index (χ3n) is 4.50. The van der Waals surface area contributed by atoms with E-state index < -0.39 is 28.7 Å². The van der Waals surface area contributed by atoms with Gasteiger partial charge in [-0.3, -0.25) is 4.79 Å². The van der Waals surface area contributed by atoms with Gasteiger partial charge in [0.2, 0.25) is 10.0 Å². The highest BCUT2D eigenvalue weighted by atomic mass is 35.5. The molecule has 1 amide bonds. The van der Waals surface area contributed by atoms with Crippen molar-refractivity contribution in [1.29, 1.82) is 0 Å². The van der Waals surface area contributed by atoms with Crippen molar-refractivity contribution in [3.8, 4) is 5.75 Å². The number of carbonyl (C=O) groups excluding carboxylic acids is 1. The molecule has 1 aromatic carbocycles. The number of ether oxygens (including phenoxy) is 1. The van der Waals surface area contributed by atoms with Gasteiger partial charge in [0, 0.05) is 31.4 Å². The van der Waals surface area contributed by atoms with Crippen molar-refractivity contribution in [3.05, 3.63) is 41.2 Å². The second-order valence-electron chi connectivity index (χ2n) is 6.78. The van der Waals surface area contributed by atoms with E-state index in [9.17, 15) is 26.4 Å². The van der Waals surface area contributed by atoms with Gasteiger partial charge in [-0.2, -0.15) is 17.5 Å². The number of anilines is 1. The van der Waals surface area contributed by atoms with Crippen LogP contribution < -0.4 is 10.1 Å². The van der Waals surface area contributed by atoms with Crippen LogP contribution in [0.15, 0.2) is 35.4 Å². The Bertz CT molecular complexity index is 1050. The maximum atomic E-state index is 12.7. The van der Waals surface area contributed by atoms with Gasteiger partial charge in [0.25, 0.3) is 5.91 Å². The van der Waals surface area contributed by atoms with Crippen LogP contribution in [0.1, 0.15) is 23.3 Å². The van der Waals surface area contributed by atoms with Crippen LogP contribution in [0.4, 0.5) is 18.9 Å². The Balaban J connectivity index is 1.83. The molecule has 1 aromatic heterocycles. The standard InChI is InChI=1S/C18H19ClF3N3O4S/c1-24-10-13(30(27,28)25-6-2-3-7-25)9-15(24)17(26)23-14-8-12(19)4-5-16(14)29-11-18(20,21)22/h4-5,8-10H,2-3,6-7,11H2,1H3,(H,23,26). The number of aryl methyl sites for hydroxylation is 1. The molecule has 0 saturated carbocycles. The highest BCUT2D eigenvalue weighted by Gasteiger charge is 2.30. The van der Waals surface area contributed by atoms with Crippen molar-refractivity contribution < 1.29 is 31.1 Å². The van der Waals surface area contributed by atoms with Crippen molar-refractivity contribution in [2.45, 2.75) is 23.9 Å². The number of halogens is 4. The number of nitrogens with one attached hydrogen (secondary N) is 1. The fourth-order valence-corrected chi connectivity index (χ4v) is 4.81. The van der Waals surface area contributed by atoms with E-state index in [0.29, 0.717) is 13.1 Å². The second kappa shape index (κ2) is 8.48. The largest absolute Gasteiger partial charge is 0.482 e. The van der Waals surface area contributed by atoms with Crippen LogP contribution in [0.25, 0.3) is 0 Å². The van der Waals surface area contributed by atoms with Crippen molar-refractivity contribution in [2.75, 3.05) is 25.0 Å². The number of rotatable bonds is 6. The molecule has 2 heterocycles. The first-order valence-corrected chi connectivity index (χ1v) is 10.8. The summed E-state index contributed by atoms with van der Waals surface area (Å²) in [5.41, 5.74) is -0.0589. The van der Waals surface area contributed by atoms with Crippen LogP contribution in [-0.2, 0) is 17.1 Å². The number of sulfonamides is 1. The zero-order chi connectivity index (χ0) is 22.1. The van der Waals surface area contributed by atoms with E-state index in [1.807, 2.05) is 0 Å². The van der Waals surface area contributed by atoms with Gasteiger partial charge in [0.15, 0.2) is 6.61 Å². The van der Waals surface area contributed by atoms with Gasteiger partial charge in [-0.05, 0) is 37.1 Å². The summed E-state index contributed by atoms with van der Waals surface area (Å²) in [6, 6.07) is 5.00. The molecule has 0 bridgehead atoms. The van der Waals surface area contributed by atoms with Crippen LogP contribution in [0.5, 0.6) is 5.75 Å². The second-order valence-corrected chi connectivity index (χ2v) is 9.16. The highest BCUT2D eigenvalue weighted by Crippen LogP contribution is 2.30. The van der Waals surface area contributed by atoms with E-state index in [-0.39, 0.29) is 27.0 Å². The van der Waals surface area contributed by atoms with E-state index in [1.54, 1.807) is 0 Å². The van der Waals surface area contributed by atoms with E-state index in [2.05, 4.69) is 5.32 Å². The van der Waals surface area contributed by atoms with Gasteiger partial charge in [0.1, 0.15) is 16.3 Å². The molecule has 12 heteroatoms.